The van der Waals surface area contributed by atoms with Gasteiger partial charge < -0.3 is 15.0 Å². The van der Waals surface area contributed by atoms with E-state index in [1.807, 2.05) is 18.2 Å². The minimum atomic E-state index is -3.22. The molecule has 4 rings (SSSR count). The van der Waals surface area contributed by atoms with Crippen molar-refractivity contribution in [1.82, 2.24) is 10.2 Å². The molecule has 1 N–H and O–H groups in total. The lowest BCUT2D eigenvalue weighted by Crippen LogP contribution is -2.37. The zero-order valence-electron chi connectivity index (χ0n) is 21.9. The molecule has 37 heavy (non-hydrogen) atoms. The fourth-order valence-electron chi connectivity index (χ4n) is 4.90. The summed E-state index contributed by atoms with van der Waals surface area (Å²) in [5, 5.41) is 3.02. The average molecular weight is 521 g/mol. The third-order valence-corrected chi connectivity index (χ3v) is 8.35. The number of hydrogen-bond donors (Lipinski definition) is 1. The van der Waals surface area contributed by atoms with Crippen molar-refractivity contribution < 1.29 is 17.9 Å². The zero-order chi connectivity index (χ0) is 26.4. The lowest BCUT2D eigenvalue weighted by atomic mass is 9.87. The predicted octanol–water partition coefficient (Wildman–Crippen LogP) is 4.77. The molecule has 0 aliphatic heterocycles. The Labute approximate surface area is 220 Å². The first-order valence-electron chi connectivity index (χ1n) is 12.8. The van der Waals surface area contributed by atoms with Crippen LogP contribution < -0.4 is 10.1 Å². The van der Waals surface area contributed by atoms with E-state index in [0.29, 0.717) is 23.0 Å². The molecule has 0 fully saturated rings. The second kappa shape index (κ2) is 11.9. The Morgan fingerprint density at radius 1 is 0.973 bits per heavy atom. The molecule has 0 spiro atoms. The highest BCUT2D eigenvalue weighted by Crippen LogP contribution is 2.27. The van der Waals surface area contributed by atoms with Crippen LogP contribution in [0.4, 0.5) is 0 Å². The van der Waals surface area contributed by atoms with Gasteiger partial charge in [0, 0.05) is 24.4 Å². The van der Waals surface area contributed by atoms with Crippen LogP contribution in [0.2, 0.25) is 0 Å². The Kier molecular flexibility index (Phi) is 8.67. The lowest BCUT2D eigenvalue weighted by Gasteiger charge is -2.32. The van der Waals surface area contributed by atoms with E-state index in [-0.39, 0.29) is 5.91 Å². The number of rotatable bonds is 10. The maximum atomic E-state index is 12.6. The van der Waals surface area contributed by atoms with Crippen molar-refractivity contribution in [2.75, 3.05) is 33.5 Å². The van der Waals surface area contributed by atoms with Gasteiger partial charge in [-0.15, -0.1) is 0 Å². The number of unbranched alkanes of at least 4 members (excludes halogenated alkanes) is 1. The summed E-state index contributed by atoms with van der Waals surface area (Å²) in [5.74, 6) is 0.848. The van der Waals surface area contributed by atoms with Crippen molar-refractivity contribution in [3.05, 3.63) is 83.4 Å². The van der Waals surface area contributed by atoms with E-state index in [1.165, 1.54) is 23.8 Å². The van der Waals surface area contributed by atoms with Gasteiger partial charge in [-0.1, -0.05) is 30.3 Å². The van der Waals surface area contributed by atoms with Gasteiger partial charge in [-0.2, -0.15) is 0 Å². The molecular weight excluding hydrogens is 484 g/mol. The van der Waals surface area contributed by atoms with E-state index >= 15 is 0 Å². The molecule has 0 unspecified atom stereocenters. The summed E-state index contributed by atoms with van der Waals surface area (Å²) < 4.78 is 28.7. The fraction of sp³-hybridized carbons (Fsp3) is 0.367. The number of sulfone groups is 1. The van der Waals surface area contributed by atoms with Crippen molar-refractivity contribution in [1.29, 1.82) is 0 Å². The summed E-state index contributed by atoms with van der Waals surface area (Å²) in [5.41, 5.74) is 5.29. The van der Waals surface area contributed by atoms with Crippen molar-refractivity contribution >= 4 is 15.7 Å². The molecule has 0 radical (unpaired) electrons. The summed E-state index contributed by atoms with van der Waals surface area (Å²) in [6, 6.07) is 21.1. The number of methoxy groups -OCH3 is 1. The standard InChI is InChI=1S/C30H36N2O4S/c1-32(27-14-10-24-11-15-28(36-2)21-26(24)20-27)19-5-4-18-31-30(33)25-8-6-22(7-9-25)23-12-16-29(17-13-23)37(3,34)35/h6-9,11-13,15-17,21,27H,4-5,10,14,18-20H2,1-3H3,(H,31,33)/t27-/m1/s1. The Morgan fingerprint density at radius 3 is 2.30 bits per heavy atom. The highest BCUT2D eigenvalue weighted by Gasteiger charge is 2.22. The van der Waals surface area contributed by atoms with Gasteiger partial charge in [-0.25, -0.2) is 8.42 Å². The van der Waals surface area contributed by atoms with E-state index in [1.54, 1.807) is 43.5 Å². The largest absolute Gasteiger partial charge is 0.497 e. The maximum Gasteiger partial charge on any atom is 0.251 e. The molecule has 0 bridgehead atoms. The lowest BCUT2D eigenvalue weighted by molar-refractivity contribution is 0.0952. The molecule has 6 nitrogen and oxygen atoms in total. The van der Waals surface area contributed by atoms with Crippen LogP contribution in [0.25, 0.3) is 11.1 Å². The van der Waals surface area contributed by atoms with Crippen molar-refractivity contribution in [2.24, 2.45) is 0 Å². The molecule has 3 aromatic carbocycles. The normalized spacial score (nSPS) is 15.3. The molecule has 0 heterocycles. The first-order chi connectivity index (χ1) is 17.7. The van der Waals surface area contributed by atoms with Gasteiger partial charge in [0.2, 0.25) is 0 Å². The van der Waals surface area contributed by atoms with Crippen LogP contribution >= 0.6 is 0 Å². The second-order valence-electron chi connectivity index (χ2n) is 9.85. The van der Waals surface area contributed by atoms with Crippen LogP contribution in [0, 0.1) is 0 Å². The van der Waals surface area contributed by atoms with Crippen LogP contribution in [-0.4, -0.2) is 58.8 Å². The molecule has 7 heteroatoms. The quantitative estimate of drug-likeness (QED) is 0.390. The Bertz CT molecular complexity index is 1320. The smallest absolute Gasteiger partial charge is 0.251 e. The second-order valence-corrected chi connectivity index (χ2v) is 11.9. The number of fused-ring (bicyclic) bond motifs is 1. The first kappa shape index (κ1) is 26.9. The van der Waals surface area contributed by atoms with Gasteiger partial charge in [0.25, 0.3) is 5.91 Å². The third kappa shape index (κ3) is 6.99. The van der Waals surface area contributed by atoms with Gasteiger partial charge in [0.1, 0.15) is 5.75 Å². The number of carbonyl (C=O) groups excluding carboxylic acids is 1. The fourth-order valence-corrected chi connectivity index (χ4v) is 5.53. The predicted molar refractivity (Wildman–Crippen MR) is 148 cm³/mol. The Hall–Kier alpha value is -3.16. The molecule has 0 saturated carbocycles. The van der Waals surface area contributed by atoms with Crippen LogP contribution in [0.5, 0.6) is 5.75 Å². The van der Waals surface area contributed by atoms with E-state index in [4.69, 9.17) is 4.74 Å². The number of aryl methyl sites for hydroxylation is 1. The number of nitrogens with zero attached hydrogens (tertiary/aromatic N) is 1. The van der Waals surface area contributed by atoms with E-state index in [9.17, 15) is 13.2 Å². The summed E-state index contributed by atoms with van der Waals surface area (Å²) in [6.45, 7) is 1.65. The molecule has 0 aromatic heterocycles. The van der Waals surface area contributed by atoms with Crippen molar-refractivity contribution in [2.45, 2.75) is 43.0 Å². The van der Waals surface area contributed by atoms with Crippen LogP contribution in [0.1, 0.15) is 40.7 Å². The summed E-state index contributed by atoms with van der Waals surface area (Å²) in [7, 11) is 0.697. The minimum absolute atomic E-state index is 0.0786. The average Bonchev–Trinajstić information content (AvgIpc) is 2.91. The topological polar surface area (TPSA) is 75.7 Å². The van der Waals surface area contributed by atoms with Gasteiger partial charge in [0.05, 0.1) is 12.0 Å². The summed E-state index contributed by atoms with van der Waals surface area (Å²) in [4.78, 5) is 15.3. The summed E-state index contributed by atoms with van der Waals surface area (Å²) in [6.07, 6.45) is 6.48. The molecular formula is C30H36N2O4S. The number of carbonyl (C=O) groups is 1. The SMILES string of the molecule is COc1ccc2c(c1)C[C@H](N(C)CCCCNC(=O)c1ccc(-c3ccc(S(C)(=O)=O)cc3)cc1)CC2. The van der Waals surface area contributed by atoms with Crippen LogP contribution in [-0.2, 0) is 22.7 Å². The summed E-state index contributed by atoms with van der Waals surface area (Å²) >= 11 is 0. The number of ether oxygens (including phenoxy) is 1. The molecule has 1 atom stereocenters. The maximum absolute atomic E-state index is 12.6. The molecule has 1 aliphatic carbocycles. The van der Waals surface area contributed by atoms with Crippen LogP contribution in [0.15, 0.2) is 71.6 Å². The van der Waals surface area contributed by atoms with E-state index < -0.39 is 9.84 Å². The Balaban J connectivity index is 1.19. The van der Waals surface area contributed by atoms with Gasteiger partial charge in [-0.3, -0.25) is 4.79 Å². The molecule has 3 aromatic rings. The van der Waals surface area contributed by atoms with E-state index in [2.05, 4.69) is 29.4 Å². The zero-order valence-corrected chi connectivity index (χ0v) is 22.7. The molecule has 1 aliphatic rings. The first-order valence-corrected chi connectivity index (χ1v) is 14.7. The molecule has 1 amide bonds. The number of benzene rings is 3. The number of nitrogens with one attached hydrogen (secondary N) is 1. The number of likely N-dealkylation sites (N-methyl/N-ethyl adjacent to an activating group) is 1. The number of amides is 1. The minimum Gasteiger partial charge on any atom is -0.497 e. The highest BCUT2D eigenvalue weighted by atomic mass is 32.2. The third-order valence-electron chi connectivity index (χ3n) is 7.23. The van der Waals surface area contributed by atoms with Gasteiger partial charge in [0.15, 0.2) is 9.84 Å². The molecule has 0 saturated heterocycles. The van der Waals surface area contributed by atoms with Crippen molar-refractivity contribution in [3.63, 3.8) is 0 Å². The van der Waals surface area contributed by atoms with Crippen molar-refractivity contribution in [3.8, 4) is 16.9 Å². The monoisotopic (exact) mass is 520 g/mol. The molecule has 196 valence electrons. The van der Waals surface area contributed by atoms with Gasteiger partial charge >= 0.3 is 0 Å². The van der Waals surface area contributed by atoms with Gasteiger partial charge in [-0.05, 0) is 104 Å². The van der Waals surface area contributed by atoms with E-state index in [0.717, 1.165) is 49.1 Å². The van der Waals surface area contributed by atoms with Crippen LogP contribution in [0.3, 0.4) is 0 Å². The highest BCUT2D eigenvalue weighted by molar-refractivity contribution is 7.90. The number of hydrogen-bond acceptors (Lipinski definition) is 5. The Morgan fingerprint density at radius 2 is 1.65 bits per heavy atom.